The Balaban J connectivity index is 2.34. The lowest BCUT2D eigenvalue weighted by Crippen LogP contribution is -2.18. The molecule has 0 aliphatic heterocycles. The standard InChI is InChI=1S/C13H12N4O3/c1-3-20-12(18)10-15-11-8-6-7(2)4-5-9(8)14-13(19)17(11)16-10/h4-6H,3H2,1-2H3,(H,14,19). The van der Waals surface area contributed by atoms with E-state index in [-0.39, 0.29) is 12.4 Å². The molecule has 0 fully saturated rings. The number of nitrogens with zero attached hydrogens (tertiary/aromatic N) is 3. The molecule has 0 unspecified atom stereocenters. The smallest absolute Gasteiger partial charge is 0.378 e. The van der Waals surface area contributed by atoms with Crippen LogP contribution in [-0.2, 0) is 4.74 Å². The lowest BCUT2D eigenvalue weighted by Gasteiger charge is -2.00. The van der Waals surface area contributed by atoms with Crippen LogP contribution in [0, 0.1) is 6.92 Å². The predicted octanol–water partition coefficient (Wildman–Crippen LogP) is 1.06. The normalized spacial score (nSPS) is 11.1. The molecule has 102 valence electrons. The van der Waals surface area contributed by atoms with Crippen LogP contribution in [0.5, 0.6) is 0 Å². The molecular formula is C13H12N4O3. The molecule has 7 heteroatoms. The van der Waals surface area contributed by atoms with Gasteiger partial charge in [-0.3, -0.25) is 0 Å². The number of benzene rings is 1. The van der Waals surface area contributed by atoms with Crippen molar-refractivity contribution in [2.45, 2.75) is 13.8 Å². The summed E-state index contributed by atoms with van der Waals surface area (Å²) in [4.78, 5) is 30.4. The minimum absolute atomic E-state index is 0.119. The van der Waals surface area contributed by atoms with Gasteiger partial charge in [-0.15, -0.1) is 5.10 Å². The van der Waals surface area contributed by atoms with Crippen LogP contribution in [0.4, 0.5) is 0 Å². The molecule has 0 saturated heterocycles. The van der Waals surface area contributed by atoms with Crippen molar-refractivity contribution >= 4 is 22.5 Å². The van der Waals surface area contributed by atoms with E-state index in [9.17, 15) is 9.59 Å². The van der Waals surface area contributed by atoms with Gasteiger partial charge in [0.15, 0.2) is 5.65 Å². The predicted molar refractivity (Wildman–Crippen MR) is 71.8 cm³/mol. The zero-order valence-corrected chi connectivity index (χ0v) is 11.0. The highest BCUT2D eigenvalue weighted by molar-refractivity contribution is 5.93. The first-order valence-electron chi connectivity index (χ1n) is 6.16. The van der Waals surface area contributed by atoms with Crippen molar-refractivity contribution in [1.29, 1.82) is 0 Å². The van der Waals surface area contributed by atoms with E-state index in [1.807, 2.05) is 19.1 Å². The number of H-pyrrole nitrogens is 1. The van der Waals surface area contributed by atoms with Gasteiger partial charge in [0, 0.05) is 5.39 Å². The molecule has 7 nitrogen and oxygen atoms in total. The molecule has 2 aromatic heterocycles. The highest BCUT2D eigenvalue weighted by Gasteiger charge is 2.17. The molecule has 0 saturated carbocycles. The van der Waals surface area contributed by atoms with Gasteiger partial charge >= 0.3 is 11.7 Å². The molecule has 3 aromatic rings. The molecule has 0 radical (unpaired) electrons. The van der Waals surface area contributed by atoms with Gasteiger partial charge in [-0.05, 0) is 26.0 Å². The molecule has 0 aliphatic carbocycles. The van der Waals surface area contributed by atoms with E-state index in [4.69, 9.17) is 4.74 Å². The van der Waals surface area contributed by atoms with E-state index in [2.05, 4.69) is 15.1 Å². The highest BCUT2D eigenvalue weighted by atomic mass is 16.5. The van der Waals surface area contributed by atoms with Gasteiger partial charge in [0.05, 0.1) is 12.1 Å². The van der Waals surface area contributed by atoms with Gasteiger partial charge in [0.1, 0.15) is 0 Å². The van der Waals surface area contributed by atoms with E-state index in [0.29, 0.717) is 11.2 Å². The van der Waals surface area contributed by atoms with Crippen molar-refractivity contribution in [2.75, 3.05) is 6.61 Å². The fourth-order valence-electron chi connectivity index (χ4n) is 2.03. The van der Waals surface area contributed by atoms with Gasteiger partial charge in [-0.25, -0.2) is 14.6 Å². The number of carbonyl (C=O) groups excluding carboxylic acids is 1. The fourth-order valence-corrected chi connectivity index (χ4v) is 2.03. The quantitative estimate of drug-likeness (QED) is 0.704. The summed E-state index contributed by atoms with van der Waals surface area (Å²) in [5.41, 5.74) is 1.57. The second-order valence-corrected chi connectivity index (χ2v) is 4.37. The Morgan fingerprint density at radius 3 is 3.00 bits per heavy atom. The molecule has 0 aliphatic rings. The number of esters is 1. The fraction of sp³-hybridized carbons (Fsp3) is 0.231. The van der Waals surface area contributed by atoms with Gasteiger partial charge in [-0.1, -0.05) is 11.6 Å². The number of nitrogens with one attached hydrogen (secondary N) is 1. The lowest BCUT2D eigenvalue weighted by atomic mass is 10.2. The van der Waals surface area contributed by atoms with Gasteiger partial charge in [0.2, 0.25) is 0 Å². The molecule has 0 bridgehead atoms. The van der Waals surface area contributed by atoms with Crippen molar-refractivity contribution < 1.29 is 9.53 Å². The van der Waals surface area contributed by atoms with Crippen LogP contribution in [0.3, 0.4) is 0 Å². The monoisotopic (exact) mass is 272 g/mol. The van der Waals surface area contributed by atoms with Crippen LogP contribution in [-0.4, -0.2) is 32.2 Å². The van der Waals surface area contributed by atoms with Gasteiger partial charge < -0.3 is 9.72 Å². The molecule has 1 N–H and O–H groups in total. The maximum atomic E-state index is 11.9. The third-order valence-corrected chi connectivity index (χ3v) is 2.92. The molecule has 3 rings (SSSR count). The number of aromatic nitrogens is 4. The first-order chi connectivity index (χ1) is 9.60. The summed E-state index contributed by atoms with van der Waals surface area (Å²) in [5.74, 6) is -0.761. The van der Waals surface area contributed by atoms with Crippen LogP contribution in [0.15, 0.2) is 23.0 Å². The summed E-state index contributed by atoms with van der Waals surface area (Å²) >= 11 is 0. The first kappa shape index (κ1) is 12.3. The number of aryl methyl sites for hydroxylation is 1. The van der Waals surface area contributed by atoms with Gasteiger partial charge in [0.25, 0.3) is 5.82 Å². The minimum Gasteiger partial charge on any atom is -0.460 e. The summed E-state index contributed by atoms with van der Waals surface area (Å²) in [6, 6.07) is 5.56. The number of carbonyl (C=O) groups is 1. The third-order valence-electron chi connectivity index (χ3n) is 2.92. The molecule has 2 heterocycles. The average Bonchev–Trinajstić information content (AvgIpc) is 2.86. The Morgan fingerprint density at radius 2 is 2.25 bits per heavy atom. The Hall–Kier alpha value is -2.70. The van der Waals surface area contributed by atoms with Crippen molar-refractivity contribution in [1.82, 2.24) is 19.6 Å². The Bertz CT molecular complexity index is 878. The summed E-state index contributed by atoms with van der Waals surface area (Å²) in [6.45, 7) is 3.85. The second-order valence-electron chi connectivity index (χ2n) is 4.37. The van der Waals surface area contributed by atoms with Crippen LogP contribution >= 0.6 is 0 Å². The van der Waals surface area contributed by atoms with Crippen LogP contribution < -0.4 is 5.69 Å². The Kier molecular flexibility index (Phi) is 2.74. The molecule has 1 aromatic carbocycles. The van der Waals surface area contributed by atoms with Crippen LogP contribution in [0.2, 0.25) is 0 Å². The maximum absolute atomic E-state index is 11.9. The number of ether oxygens (including phenoxy) is 1. The minimum atomic E-state index is -0.642. The Labute approximate surface area is 113 Å². The topological polar surface area (TPSA) is 89.3 Å². The van der Waals surface area contributed by atoms with E-state index < -0.39 is 11.7 Å². The molecule has 0 atom stereocenters. The number of hydrogen-bond acceptors (Lipinski definition) is 5. The van der Waals surface area contributed by atoms with E-state index in [1.165, 1.54) is 0 Å². The maximum Gasteiger partial charge on any atom is 0.378 e. The van der Waals surface area contributed by atoms with Crippen molar-refractivity contribution in [3.05, 3.63) is 40.1 Å². The van der Waals surface area contributed by atoms with Crippen molar-refractivity contribution in [2.24, 2.45) is 0 Å². The summed E-state index contributed by atoms with van der Waals surface area (Å²) in [7, 11) is 0. The molecule has 20 heavy (non-hydrogen) atoms. The van der Waals surface area contributed by atoms with E-state index in [0.717, 1.165) is 15.5 Å². The number of fused-ring (bicyclic) bond motifs is 3. The third kappa shape index (κ3) is 1.83. The SMILES string of the molecule is CCOC(=O)c1nc2c3cc(C)ccc3[nH]c(=O)n2n1. The van der Waals surface area contributed by atoms with Crippen molar-refractivity contribution in [3.63, 3.8) is 0 Å². The lowest BCUT2D eigenvalue weighted by molar-refractivity contribution is 0.0512. The summed E-state index contributed by atoms with van der Waals surface area (Å²) in [6.07, 6.45) is 0. The Morgan fingerprint density at radius 1 is 1.45 bits per heavy atom. The number of aromatic amines is 1. The van der Waals surface area contributed by atoms with Crippen LogP contribution in [0.1, 0.15) is 23.1 Å². The molecule has 0 spiro atoms. The zero-order chi connectivity index (χ0) is 14.3. The zero-order valence-electron chi connectivity index (χ0n) is 11.0. The number of rotatable bonds is 2. The van der Waals surface area contributed by atoms with Crippen molar-refractivity contribution in [3.8, 4) is 0 Å². The van der Waals surface area contributed by atoms with Gasteiger partial charge in [-0.2, -0.15) is 4.52 Å². The highest BCUT2D eigenvalue weighted by Crippen LogP contribution is 2.16. The summed E-state index contributed by atoms with van der Waals surface area (Å²) in [5, 5.41) is 4.63. The van der Waals surface area contributed by atoms with Crippen LogP contribution in [0.25, 0.3) is 16.6 Å². The molecule has 0 amide bonds. The largest absolute Gasteiger partial charge is 0.460 e. The molecular weight excluding hydrogens is 260 g/mol. The van der Waals surface area contributed by atoms with E-state index in [1.54, 1.807) is 13.0 Å². The first-order valence-corrected chi connectivity index (χ1v) is 6.16. The van der Waals surface area contributed by atoms with E-state index >= 15 is 0 Å². The summed E-state index contributed by atoms with van der Waals surface area (Å²) < 4.78 is 5.92. The second kappa shape index (κ2) is 4.44. The average molecular weight is 272 g/mol. The number of hydrogen-bond donors (Lipinski definition) is 1.